The van der Waals surface area contributed by atoms with Crippen LogP contribution in [0.4, 0.5) is 11.5 Å². The van der Waals surface area contributed by atoms with Gasteiger partial charge in [0.2, 0.25) is 0 Å². The first-order chi connectivity index (χ1) is 10.4. The predicted molar refractivity (Wildman–Crippen MR) is 86.2 cm³/mol. The zero-order valence-electron chi connectivity index (χ0n) is 11.8. The summed E-state index contributed by atoms with van der Waals surface area (Å²) in [5.74, 6) is 0.761. The van der Waals surface area contributed by atoms with Gasteiger partial charge in [-0.1, -0.05) is 6.07 Å². The first-order valence-electron chi connectivity index (χ1n) is 6.58. The molecule has 2 aromatic carbocycles. The number of benzene rings is 2. The molecule has 6 heteroatoms. The molecule has 0 spiro atoms. The van der Waals surface area contributed by atoms with Gasteiger partial charge in [0.15, 0.2) is 9.84 Å². The molecule has 0 unspecified atom stereocenters. The largest absolute Gasteiger partial charge is 0.508 e. The van der Waals surface area contributed by atoms with Gasteiger partial charge in [0.1, 0.15) is 11.6 Å². The van der Waals surface area contributed by atoms with E-state index in [0.29, 0.717) is 5.82 Å². The summed E-state index contributed by atoms with van der Waals surface area (Å²) in [5.41, 5.74) is 0.718. The molecule has 0 radical (unpaired) electrons. The number of phenolic OH excluding ortho intramolecular Hbond substituents is 1. The van der Waals surface area contributed by atoms with E-state index in [-0.39, 0.29) is 10.6 Å². The molecular weight excluding hydrogens is 300 g/mol. The van der Waals surface area contributed by atoms with Crippen LogP contribution in [0, 0.1) is 0 Å². The van der Waals surface area contributed by atoms with Gasteiger partial charge in [-0.05, 0) is 47.9 Å². The maximum absolute atomic E-state index is 11.5. The topological polar surface area (TPSA) is 79.3 Å². The number of pyridine rings is 1. The Bertz CT molecular complexity index is 935. The Morgan fingerprint density at radius 1 is 1.05 bits per heavy atom. The lowest BCUT2D eigenvalue weighted by molar-refractivity contribution is 0.476. The average molecular weight is 314 g/mol. The zero-order valence-corrected chi connectivity index (χ0v) is 12.6. The molecule has 22 heavy (non-hydrogen) atoms. The maximum Gasteiger partial charge on any atom is 0.175 e. The molecule has 0 aliphatic heterocycles. The maximum atomic E-state index is 11.5. The molecule has 3 rings (SSSR count). The van der Waals surface area contributed by atoms with E-state index < -0.39 is 9.84 Å². The Morgan fingerprint density at radius 2 is 1.77 bits per heavy atom. The van der Waals surface area contributed by atoms with E-state index >= 15 is 0 Å². The SMILES string of the molecule is CS(=O)(=O)c1ccc(Nc2nccc3ccc(O)cc23)cc1. The third-order valence-electron chi connectivity index (χ3n) is 3.29. The summed E-state index contributed by atoms with van der Waals surface area (Å²) in [7, 11) is -3.21. The minimum absolute atomic E-state index is 0.163. The summed E-state index contributed by atoms with van der Waals surface area (Å²) in [5, 5.41) is 14.5. The van der Waals surface area contributed by atoms with Crippen molar-refractivity contribution in [2.45, 2.75) is 4.90 Å². The second kappa shape index (κ2) is 5.31. The number of sulfone groups is 1. The molecule has 0 atom stereocenters. The molecule has 0 aliphatic carbocycles. The first kappa shape index (κ1) is 14.3. The first-order valence-corrected chi connectivity index (χ1v) is 8.47. The lowest BCUT2D eigenvalue weighted by Gasteiger charge is -2.09. The number of fused-ring (bicyclic) bond motifs is 1. The molecule has 0 saturated carbocycles. The Morgan fingerprint density at radius 3 is 2.45 bits per heavy atom. The van der Waals surface area contributed by atoms with Crippen LogP contribution in [0.1, 0.15) is 0 Å². The second-order valence-electron chi connectivity index (χ2n) is 4.99. The summed E-state index contributed by atoms with van der Waals surface area (Å²) in [4.78, 5) is 4.54. The highest BCUT2D eigenvalue weighted by molar-refractivity contribution is 7.90. The summed E-state index contributed by atoms with van der Waals surface area (Å²) in [6.45, 7) is 0. The zero-order chi connectivity index (χ0) is 15.7. The van der Waals surface area contributed by atoms with Gasteiger partial charge in [-0.25, -0.2) is 13.4 Å². The van der Waals surface area contributed by atoms with Crippen LogP contribution in [0.2, 0.25) is 0 Å². The molecule has 5 nitrogen and oxygen atoms in total. The molecule has 0 aliphatic rings. The summed E-state index contributed by atoms with van der Waals surface area (Å²) in [6.07, 6.45) is 2.84. The highest BCUT2D eigenvalue weighted by Crippen LogP contribution is 2.27. The third-order valence-corrected chi connectivity index (χ3v) is 4.42. The van der Waals surface area contributed by atoms with Crippen LogP contribution in [0.5, 0.6) is 5.75 Å². The van der Waals surface area contributed by atoms with E-state index in [1.54, 1.807) is 42.6 Å². The van der Waals surface area contributed by atoms with E-state index in [0.717, 1.165) is 16.5 Å². The van der Waals surface area contributed by atoms with Crippen LogP contribution in [0.25, 0.3) is 10.8 Å². The molecule has 2 N–H and O–H groups in total. The average Bonchev–Trinajstić information content (AvgIpc) is 2.47. The van der Waals surface area contributed by atoms with Gasteiger partial charge in [0.05, 0.1) is 4.90 Å². The normalized spacial score (nSPS) is 11.5. The lowest BCUT2D eigenvalue weighted by Crippen LogP contribution is -1.98. The van der Waals surface area contributed by atoms with Crippen molar-refractivity contribution >= 4 is 32.1 Å². The third kappa shape index (κ3) is 2.87. The molecule has 0 saturated heterocycles. The van der Waals surface area contributed by atoms with Crippen molar-refractivity contribution in [2.75, 3.05) is 11.6 Å². The van der Waals surface area contributed by atoms with Crippen LogP contribution in [0.3, 0.4) is 0 Å². The highest BCUT2D eigenvalue weighted by atomic mass is 32.2. The predicted octanol–water partition coefficient (Wildman–Crippen LogP) is 3.09. The van der Waals surface area contributed by atoms with Crippen LogP contribution in [0.15, 0.2) is 59.6 Å². The van der Waals surface area contributed by atoms with Crippen molar-refractivity contribution in [2.24, 2.45) is 0 Å². The Balaban J connectivity index is 1.98. The molecule has 0 amide bonds. The number of aromatic nitrogens is 1. The molecule has 0 fully saturated rings. The number of nitrogens with one attached hydrogen (secondary N) is 1. The number of hydrogen-bond acceptors (Lipinski definition) is 5. The number of aromatic hydroxyl groups is 1. The Labute approximate surface area is 128 Å². The van der Waals surface area contributed by atoms with Crippen LogP contribution in [-0.4, -0.2) is 24.8 Å². The summed E-state index contributed by atoms with van der Waals surface area (Å²) in [6, 6.07) is 13.4. The fraction of sp³-hybridized carbons (Fsp3) is 0.0625. The van der Waals surface area contributed by atoms with Gasteiger partial charge in [0, 0.05) is 23.5 Å². The molecule has 112 valence electrons. The summed E-state index contributed by atoms with van der Waals surface area (Å²) < 4.78 is 22.9. The van der Waals surface area contributed by atoms with Crippen LogP contribution in [-0.2, 0) is 9.84 Å². The monoisotopic (exact) mass is 314 g/mol. The van der Waals surface area contributed by atoms with E-state index in [1.807, 2.05) is 12.1 Å². The van der Waals surface area contributed by atoms with Crippen LogP contribution < -0.4 is 5.32 Å². The van der Waals surface area contributed by atoms with E-state index in [1.165, 1.54) is 6.26 Å². The lowest BCUT2D eigenvalue weighted by atomic mass is 10.1. The second-order valence-corrected chi connectivity index (χ2v) is 7.00. The van der Waals surface area contributed by atoms with Crippen molar-refractivity contribution in [1.82, 2.24) is 4.98 Å². The summed E-state index contributed by atoms with van der Waals surface area (Å²) >= 11 is 0. The van der Waals surface area contributed by atoms with Crippen LogP contribution >= 0.6 is 0 Å². The van der Waals surface area contributed by atoms with E-state index in [4.69, 9.17) is 0 Å². The van der Waals surface area contributed by atoms with Gasteiger partial charge in [-0.3, -0.25) is 0 Å². The molecular formula is C16H14N2O3S. The highest BCUT2D eigenvalue weighted by Gasteiger charge is 2.07. The van der Waals surface area contributed by atoms with E-state index in [9.17, 15) is 13.5 Å². The molecule has 0 bridgehead atoms. The number of rotatable bonds is 3. The van der Waals surface area contributed by atoms with Gasteiger partial charge >= 0.3 is 0 Å². The van der Waals surface area contributed by atoms with E-state index in [2.05, 4.69) is 10.3 Å². The smallest absolute Gasteiger partial charge is 0.175 e. The Kier molecular flexibility index (Phi) is 3.46. The van der Waals surface area contributed by atoms with Gasteiger partial charge in [-0.2, -0.15) is 0 Å². The fourth-order valence-corrected chi connectivity index (χ4v) is 2.81. The van der Waals surface area contributed by atoms with Crippen molar-refractivity contribution in [3.8, 4) is 5.75 Å². The van der Waals surface area contributed by atoms with Gasteiger partial charge < -0.3 is 10.4 Å². The quantitative estimate of drug-likeness (QED) is 0.776. The van der Waals surface area contributed by atoms with Crippen molar-refractivity contribution in [3.63, 3.8) is 0 Å². The Hall–Kier alpha value is -2.60. The molecule has 1 heterocycles. The number of phenols is 1. The number of hydrogen-bond donors (Lipinski definition) is 2. The fourth-order valence-electron chi connectivity index (χ4n) is 2.18. The van der Waals surface area contributed by atoms with Crippen molar-refractivity contribution in [3.05, 3.63) is 54.7 Å². The standard InChI is InChI=1S/C16H14N2O3S/c1-22(20,21)14-6-3-12(4-7-14)18-16-15-10-13(19)5-2-11(15)8-9-17-16/h2-10,19H,1H3,(H,17,18). The van der Waals surface area contributed by atoms with Gasteiger partial charge in [-0.15, -0.1) is 0 Å². The number of nitrogens with zero attached hydrogens (tertiary/aromatic N) is 1. The van der Waals surface area contributed by atoms with Gasteiger partial charge in [0.25, 0.3) is 0 Å². The molecule has 3 aromatic rings. The minimum atomic E-state index is -3.21. The number of anilines is 2. The van der Waals surface area contributed by atoms with Crippen molar-refractivity contribution < 1.29 is 13.5 Å². The minimum Gasteiger partial charge on any atom is -0.508 e. The molecule has 1 aromatic heterocycles. The van der Waals surface area contributed by atoms with Crippen molar-refractivity contribution in [1.29, 1.82) is 0 Å².